The number of ether oxygens (including phenoxy) is 3. The van der Waals surface area contributed by atoms with Crippen LogP contribution in [-0.2, 0) is 22.5 Å². The maximum Gasteiger partial charge on any atom is 0.345 e. The van der Waals surface area contributed by atoms with Crippen molar-refractivity contribution in [3.05, 3.63) is 45.0 Å². The van der Waals surface area contributed by atoms with Crippen molar-refractivity contribution in [2.75, 3.05) is 0 Å². The minimum absolute atomic E-state index is 0.00679. The lowest BCUT2D eigenvalue weighted by atomic mass is 9.85. The molecule has 0 aromatic heterocycles. The number of cyclic esters (lactones) is 1. The summed E-state index contributed by atoms with van der Waals surface area (Å²) in [6, 6.07) is 1.52. The Bertz CT molecular complexity index is 1100. The SMILES string of the molecule is Cc1c(O)c(C)c2c(c1O)C(=O)OC(C)(Oc1cc(O)c3c(c1C)C(C)C(C)OC3)C2. The molecular formula is C24H28O7. The van der Waals surface area contributed by atoms with Gasteiger partial charge in [-0.25, -0.2) is 4.79 Å². The summed E-state index contributed by atoms with van der Waals surface area (Å²) in [7, 11) is 0. The number of phenols is 3. The molecule has 166 valence electrons. The van der Waals surface area contributed by atoms with E-state index in [9.17, 15) is 20.1 Å². The fourth-order valence-corrected chi connectivity index (χ4v) is 4.67. The van der Waals surface area contributed by atoms with Crippen LogP contribution >= 0.6 is 0 Å². The third-order valence-electron chi connectivity index (χ3n) is 6.72. The highest BCUT2D eigenvalue weighted by Crippen LogP contribution is 2.46. The Balaban J connectivity index is 1.77. The van der Waals surface area contributed by atoms with E-state index in [2.05, 4.69) is 0 Å². The molecule has 2 heterocycles. The topological polar surface area (TPSA) is 105 Å². The summed E-state index contributed by atoms with van der Waals surface area (Å²) in [6.45, 7) is 11.1. The molecule has 3 unspecified atom stereocenters. The van der Waals surface area contributed by atoms with Crippen molar-refractivity contribution in [3.8, 4) is 23.0 Å². The van der Waals surface area contributed by atoms with Gasteiger partial charge in [0.15, 0.2) is 0 Å². The van der Waals surface area contributed by atoms with Crippen molar-refractivity contribution < 1.29 is 34.3 Å². The standard InChI is InChI=1S/C24H28O7/c1-10-14(5)29-9-16-17(25)7-18(12(3)19(10)16)30-24(6)8-15-11(2)21(26)13(4)22(27)20(15)23(28)31-24/h7,10,14,25-27H,8-9H2,1-6H3. The van der Waals surface area contributed by atoms with Gasteiger partial charge in [0, 0.05) is 30.0 Å². The lowest BCUT2D eigenvalue weighted by Crippen LogP contribution is -2.44. The first-order chi connectivity index (χ1) is 14.4. The summed E-state index contributed by atoms with van der Waals surface area (Å²) < 4.78 is 17.5. The number of fused-ring (bicyclic) bond motifs is 2. The molecule has 0 bridgehead atoms. The van der Waals surface area contributed by atoms with Gasteiger partial charge in [0.05, 0.1) is 19.1 Å². The van der Waals surface area contributed by atoms with Crippen LogP contribution in [0, 0.1) is 20.8 Å². The van der Waals surface area contributed by atoms with Gasteiger partial charge in [-0.05, 0) is 49.9 Å². The molecule has 4 rings (SSSR count). The van der Waals surface area contributed by atoms with Crippen LogP contribution in [0.3, 0.4) is 0 Å². The third kappa shape index (κ3) is 3.19. The summed E-state index contributed by atoms with van der Waals surface area (Å²) >= 11 is 0. The van der Waals surface area contributed by atoms with Gasteiger partial charge in [0.1, 0.15) is 28.6 Å². The largest absolute Gasteiger partial charge is 0.507 e. The van der Waals surface area contributed by atoms with Gasteiger partial charge in [-0.2, -0.15) is 0 Å². The molecule has 3 atom stereocenters. The molecule has 7 heteroatoms. The van der Waals surface area contributed by atoms with Crippen LogP contribution in [0.15, 0.2) is 6.07 Å². The summed E-state index contributed by atoms with van der Waals surface area (Å²) in [5.74, 6) is -1.90. The second-order valence-corrected chi connectivity index (χ2v) is 8.82. The Morgan fingerprint density at radius 2 is 1.71 bits per heavy atom. The van der Waals surface area contributed by atoms with Gasteiger partial charge in [0.25, 0.3) is 5.79 Å². The van der Waals surface area contributed by atoms with Crippen LogP contribution in [0.1, 0.15) is 70.4 Å². The van der Waals surface area contributed by atoms with Crippen molar-refractivity contribution in [2.24, 2.45) is 0 Å². The van der Waals surface area contributed by atoms with E-state index in [1.54, 1.807) is 20.8 Å². The summed E-state index contributed by atoms with van der Waals surface area (Å²) in [6.07, 6.45) is 0.126. The predicted octanol–water partition coefficient (Wildman–Crippen LogP) is 4.26. The quantitative estimate of drug-likeness (QED) is 0.614. The molecule has 2 aromatic rings. The normalized spacial score (nSPS) is 24.9. The summed E-state index contributed by atoms with van der Waals surface area (Å²) in [4.78, 5) is 12.8. The fraction of sp³-hybridized carbons (Fsp3) is 0.458. The molecule has 0 saturated carbocycles. The minimum atomic E-state index is -1.38. The number of hydrogen-bond acceptors (Lipinski definition) is 7. The molecular weight excluding hydrogens is 400 g/mol. The Kier molecular flexibility index (Phi) is 4.85. The second-order valence-electron chi connectivity index (χ2n) is 8.82. The average molecular weight is 428 g/mol. The Labute approximate surface area is 181 Å². The van der Waals surface area contributed by atoms with Gasteiger partial charge in [-0.1, -0.05) is 6.92 Å². The molecule has 0 amide bonds. The number of rotatable bonds is 2. The molecule has 2 aliphatic rings. The minimum Gasteiger partial charge on any atom is -0.507 e. The van der Waals surface area contributed by atoms with E-state index in [0.717, 1.165) is 16.7 Å². The zero-order chi connectivity index (χ0) is 22.8. The van der Waals surface area contributed by atoms with Crippen LogP contribution in [0.25, 0.3) is 0 Å². The van der Waals surface area contributed by atoms with Crippen molar-refractivity contribution in [1.82, 2.24) is 0 Å². The van der Waals surface area contributed by atoms with Gasteiger partial charge < -0.3 is 29.5 Å². The number of aromatic hydroxyl groups is 3. The van der Waals surface area contributed by atoms with Crippen molar-refractivity contribution in [1.29, 1.82) is 0 Å². The second kappa shape index (κ2) is 7.05. The van der Waals surface area contributed by atoms with E-state index in [4.69, 9.17) is 14.2 Å². The molecule has 0 radical (unpaired) electrons. The summed E-state index contributed by atoms with van der Waals surface area (Å²) in [5.41, 5.74) is 3.84. The van der Waals surface area contributed by atoms with Crippen molar-refractivity contribution in [2.45, 2.75) is 72.4 Å². The van der Waals surface area contributed by atoms with E-state index in [1.807, 2.05) is 20.8 Å². The molecule has 0 spiro atoms. The summed E-state index contributed by atoms with van der Waals surface area (Å²) in [5, 5.41) is 31.4. The van der Waals surface area contributed by atoms with E-state index in [0.29, 0.717) is 23.5 Å². The van der Waals surface area contributed by atoms with Crippen molar-refractivity contribution in [3.63, 3.8) is 0 Å². The lowest BCUT2D eigenvalue weighted by Gasteiger charge is -2.37. The smallest absolute Gasteiger partial charge is 0.345 e. The monoisotopic (exact) mass is 428 g/mol. The van der Waals surface area contributed by atoms with Crippen LogP contribution in [0.2, 0.25) is 0 Å². The van der Waals surface area contributed by atoms with Crippen LogP contribution in [0.5, 0.6) is 23.0 Å². The van der Waals surface area contributed by atoms with Crippen LogP contribution in [0.4, 0.5) is 0 Å². The maximum absolute atomic E-state index is 12.8. The first kappa shape index (κ1) is 21.3. The number of carbonyl (C=O) groups excluding carboxylic acids is 1. The number of phenolic OH excluding ortho intramolecular Hbond substituents is 3. The van der Waals surface area contributed by atoms with E-state index in [-0.39, 0.29) is 46.8 Å². The number of carbonyl (C=O) groups is 1. The lowest BCUT2D eigenvalue weighted by molar-refractivity contribution is -0.135. The average Bonchev–Trinajstić information content (AvgIpc) is 2.70. The van der Waals surface area contributed by atoms with Gasteiger partial charge >= 0.3 is 5.97 Å². The molecule has 7 nitrogen and oxygen atoms in total. The first-order valence-corrected chi connectivity index (χ1v) is 10.4. The highest BCUT2D eigenvalue weighted by atomic mass is 16.7. The molecule has 0 fully saturated rings. The fourth-order valence-electron chi connectivity index (χ4n) is 4.67. The molecule has 2 aliphatic heterocycles. The Morgan fingerprint density at radius 1 is 1.03 bits per heavy atom. The van der Waals surface area contributed by atoms with Gasteiger partial charge in [-0.3, -0.25) is 0 Å². The van der Waals surface area contributed by atoms with E-state index in [1.165, 1.54) is 6.07 Å². The van der Waals surface area contributed by atoms with E-state index >= 15 is 0 Å². The Morgan fingerprint density at radius 3 is 2.39 bits per heavy atom. The molecule has 3 N–H and O–H groups in total. The zero-order valence-electron chi connectivity index (χ0n) is 18.6. The van der Waals surface area contributed by atoms with Crippen LogP contribution in [-0.4, -0.2) is 33.2 Å². The number of hydrogen-bond donors (Lipinski definition) is 3. The Hall–Kier alpha value is -2.93. The van der Waals surface area contributed by atoms with Gasteiger partial charge in [0.2, 0.25) is 0 Å². The zero-order valence-corrected chi connectivity index (χ0v) is 18.6. The highest BCUT2D eigenvalue weighted by molar-refractivity contribution is 5.97. The number of benzene rings is 2. The molecule has 31 heavy (non-hydrogen) atoms. The number of esters is 1. The van der Waals surface area contributed by atoms with Crippen molar-refractivity contribution >= 4 is 5.97 Å². The maximum atomic E-state index is 12.8. The van der Waals surface area contributed by atoms with E-state index < -0.39 is 11.8 Å². The van der Waals surface area contributed by atoms with Gasteiger partial charge in [-0.15, -0.1) is 0 Å². The highest BCUT2D eigenvalue weighted by Gasteiger charge is 2.43. The molecule has 2 aromatic carbocycles. The molecule has 0 aliphatic carbocycles. The first-order valence-electron chi connectivity index (χ1n) is 10.4. The predicted molar refractivity (Wildman–Crippen MR) is 113 cm³/mol. The van der Waals surface area contributed by atoms with Crippen LogP contribution < -0.4 is 4.74 Å². The third-order valence-corrected chi connectivity index (χ3v) is 6.72. The molecule has 0 saturated heterocycles.